The highest BCUT2D eigenvalue weighted by atomic mass is 35.5. The van der Waals surface area contributed by atoms with Crippen molar-refractivity contribution in [3.8, 4) is 11.3 Å². The van der Waals surface area contributed by atoms with Crippen LogP contribution in [0, 0.1) is 0 Å². The average molecular weight is 403 g/mol. The van der Waals surface area contributed by atoms with Crippen molar-refractivity contribution < 1.29 is 9.21 Å². The monoisotopic (exact) mass is 402 g/mol. The summed E-state index contributed by atoms with van der Waals surface area (Å²) in [6.45, 7) is 6.09. The van der Waals surface area contributed by atoms with Crippen LogP contribution in [0.15, 0.2) is 59.0 Å². The van der Waals surface area contributed by atoms with Crippen molar-refractivity contribution in [2.75, 3.05) is 23.3 Å². The lowest BCUT2D eigenvalue weighted by molar-refractivity contribution is 0.0997. The van der Waals surface area contributed by atoms with Crippen LogP contribution in [0.25, 0.3) is 11.3 Å². The van der Waals surface area contributed by atoms with Crippen LogP contribution in [0.2, 0.25) is 10.0 Å². The van der Waals surface area contributed by atoms with Gasteiger partial charge in [-0.1, -0.05) is 23.2 Å². The third kappa shape index (κ3) is 4.46. The number of nitrogens with one attached hydrogen (secondary N) is 1. The van der Waals surface area contributed by atoms with E-state index in [0.29, 0.717) is 27.1 Å². The van der Waals surface area contributed by atoms with Crippen molar-refractivity contribution in [2.45, 2.75) is 13.8 Å². The Morgan fingerprint density at radius 3 is 2.33 bits per heavy atom. The summed E-state index contributed by atoms with van der Waals surface area (Å²) in [5, 5.41) is 3.85. The summed E-state index contributed by atoms with van der Waals surface area (Å²) in [4.78, 5) is 14.7. The van der Waals surface area contributed by atoms with Crippen LogP contribution >= 0.6 is 23.2 Å². The van der Waals surface area contributed by atoms with Gasteiger partial charge in [-0.25, -0.2) is 0 Å². The van der Waals surface area contributed by atoms with Gasteiger partial charge in [0.2, 0.25) is 0 Å². The van der Waals surface area contributed by atoms with E-state index >= 15 is 0 Å². The molecule has 2 aromatic carbocycles. The molecule has 0 saturated carbocycles. The molecule has 0 aliphatic heterocycles. The maximum absolute atomic E-state index is 12.5. The summed E-state index contributed by atoms with van der Waals surface area (Å²) >= 11 is 12.1. The molecule has 1 N–H and O–H groups in total. The van der Waals surface area contributed by atoms with Crippen molar-refractivity contribution in [1.29, 1.82) is 0 Å². The highest BCUT2D eigenvalue weighted by Crippen LogP contribution is 2.31. The van der Waals surface area contributed by atoms with E-state index in [1.54, 1.807) is 30.3 Å². The summed E-state index contributed by atoms with van der Waals surface area (Å²) < 4.78 is 5.67. The molecule has 0 aliphatic carbocycles. The minimum absolute atomic E-state index is 0.212. The fraction of sp³-hybridized carbons (Fsp3) is 0.190. The molecule has 140 valence electrons. The predicted octanol–water partition coefficient (Wildman–Crippen LogP) is 6.35. The van der Waals surface area contributed by atoms with Gasteiger partial charge in [-0.05, 0) is 68.4 Å². The minimum Gasteiger partial charge on any atom is -0.451 e. The van der Waals surface area contributed by atoms with Crippen LogP contribution in [0.4, 0.5) is 11.4 Å². The Hall–Kier alpha value is -2.43. The number of amides is 1. The van der Waals surface area contributed by atoms with E-state index in [2.05, 4.69) is 24.1 Å². The molecule has 6 heteroatoms. The summed E-state index contributed by atoms with van der Waals surface area (Å²) in [5.41, 5.74) is 2.51. The second kappa shape index (κ2) is 8.51. The van der Waals surface area contributed by atoms with Crippen LogP contribution < -0.4 is 10.2 Å². The van der Waals surface area contributed by atoms with Gasteiger partial charge in [-0.3, -0.25) is 4.79 Å². The standard InChI is InChI=1S/C21H20Cl2N2O2/c1-3-25(4-2)16-8-6-15(7-9-16)24-21(26)20-12-11-19(27-20)17-10-5-14(22)13-18(17)23/h5-13H,3-4H2,1-2H3,(H,24,26). The average Bonchev–Trinajstić information content (AvgIpc) is 3.14. The Labute approximate surface area is 168 Å². The molecule has 0 bridgehead atoms. The number of furan rings is 1. The van der Waals surface area contributed by atoms with Gasteiger partial charge in [-0.15, -0.1) is 0 Å². The molecule has 1 heterocycles. The van der Waals surface area contributed by atoms with Crippen LogP contribution in [-0.2, 0) is 0 Å². The van der Waals surface area contributed by atoms with Gasteiger partial charge in [0, 0.05) is 35.1 Å². The topological polar surface area (TPSA) is 45.5 Å². The number of nitrogens with zero attached hydrogens (tertiary/aromatic N) is 1. The molecular formula is C21H20Cl2N2O2. The summed E-state index contributed by atoms with van der Waals surface area (Å²) in [5.74, 6) is 0.407. The summed E-state index contributed by atoms with van der Waals surface area (Å²) in [6, 6.07) is 16.2. The SMILES string of the molecule is CCN(CC)c1ccc(NC(=O)c2ccc(-c3ccc(Cl)cc3Cl)o2)cc1. The molecule has 0 aliphatic rings. The zero-order valence-corrected chi connectivity index (χ0v) is 16.6. The quantitative estimate of drug-likeness (QED) is 0.522. The molecule has 0 fully saturated rings. The molecular weight excluding hydrogens is 383 g/mol. The molecule has 3 aromatic rings. The molecule has 0 radical (unpaired) electrons. The van der Waals surface area contributed by atoms with Crippen LogP contribution in [-0.4, -0.2) is 19.0 Å². The van der Waals surface area contributed by atoms with Gasteiger partial charge in [-0.2, -0.15) is 0 Å². The zero-order chi connectivity index (χ0) is 19.4. The first-order chi connectivity index (χ1) is 13.0. The van der Waals surface area contributed by atoms with Gasteiger partial charge in [0.05, 0.1) is 5.02 Å². The lowest BCUT2D eigenvalue weighted by atomic mass is 10.2. The zero-order valence-electron chi connectivity index (χ0n) is 15.1. The molecule has 1 amide bonds. The number of halogens is 2. The number of carbonyl (C=O) groups is 1. The van der Waals surface area contributed by atoms with Crippen molar-refractivity contribution in [3.05, 3.63) is 70.4 Å². The number of carbonyl (C=O) groups excluding carboxylic acids is 1. The highest BCUT2D eigenvalue weighted by Gasteiger charge is 2.14. The lowest BCUT2D eigenvalue weighted by Gasteiger charge is -2.21. The number of hydrogen-bond acceptors (Lipinski definition) is 3. The number of hydrogen-bond donors (Lipinski definition) is 1. The highest BCUT2D eigenvalue weighted by molar-refractivity contribution is 6.36. The fourth-order valence-corrected chi connectivity index (χ4v) is 3.33. The third-order valence-electron chi connectivity index (χ3n) is 4.28. The van der Waals surface area contributed by atoms with E-state index in [9.17, 15) is 4.79 Å². The van der Waals surface area contributed by atoms with Crippen molar-refractivity contribution in [1.82, 2.24) is 0 Å². The van der Waals surface area contributed by atoms with E-state index < -0.39 is 0 Å². The molecule has 4 nitrogen and oxygen atoms in total. The van der Waals surface area contributed by atoms with Crippen molar-refractivity contribution in [3.63, 3.8) is 0 Å². The smallest absolute Gasteiger partial charge is 0.291 e. The van der Waals surface area contributed by atoms with Gasteiger partial charge < -0.3 is 14.6 Å². The van der Waals surface area contributed by atoms with Crippen molar-refractivity contribution >= 4 is 40.5 Å². The van der Waals surface area contributed by atoms with E-state index in [-0.39, 0.29) is 11.7 Å². The van der Waals surface area contributed by atoms with E-state index in [0.717, 1.165) is 18.8 Å². The first-order valence-electron chi connectivity index (χ1n) is 8.73. The minimum atomic E-state index is -0.318. The summed E-state index contributed by atoms with van der Waals surface area (Å²) in [7, 11) is 0. The molecule has 0 saturated heterocycles. The maximum atomic E-state index is 12.5. The first kappa shape index (κ1) is 19.3. The van der Waals surface area contributed by atoms with Crippen LogP contribution in [0.5, 0.6) is 0 Å². The Bertz CT molecular complexity index is 932. The van der Waals surface area contributed by atoms with Gasteiger partial charge in [0.15, 0.2) is 5.76 Å². The van der Waals surface area contributed by atoms with E-state index in [4.69, 9.17) is 27.6 Å². The predicted molar refractivity (Wildman–Crippen MR) is 112 cm³/mol. The van der Waals surface area contributed by atoms with Crippen molar-refractivity contribution in [2.24, 2.45) is 0 Å². The molecule has 0 atom stereocenters. The Morgan fingerprint density at radius 2 is 1.70 bits per heavy atom. The fourth-order valence-electron chi connectivity index (χ4n) is 2.83. The third-order valence-corrected chi connectivity index (χ3v) is 4.83. The van der Waals surface area contributed by atoms with Gasteiger partial charge in [0.1, 0.15) is 5.76 Å². The summed E-state index contributed by atoms with van der Waals surface area (Å²) in [6.07, 6.45) is 0. The number of benzene rings is 2. The molecule has 3 rings (SSSR count). The second-order valence-corrected chi connectivity index (χ2v) is 6.80. The molecule has 27 heavy (non-hydrogen) atoms. The Kier molecular flexibility index (Phi) is 6.09. The van der Waals surface area contributed by atoms with Gasteiger partial charge in [0.25, 0.3) is 5.91 Å². The van der Waals surface area contributed by atoms with E-state index in [1.807, 2.05) is 24.3 Å². The largest absolute Gasteiger partial charge is 0.451 e. The van der Waals surface area contributed by atoms with E-state index in [1.165, 1.54) is 0 Å². The van der Waals surface area contributed by atoms with Crippen LogP contribution in [0.3, 0.4) is 0 Å². The number of anilines is 2. The lowest BCUT2D eigenvalue weighted by Crippen LogP contribution is -2.21. The van der Waals surface area contributed by atoms with Crippen LogP contribution in [0.1, 0.15) is 24.4 Å². The normalized spacial score (nSPS) is 10.7. The first-order valence-corrected chi connectivity index (χ1v) is 9.49. The Balaban J connectivity index is 1.73. The molecule has 0 unspecified atom stereocenters. The van der Waals surface area contributed by atoms with Gasteiger partial charge >= 0.3 is 0 Å². The second-order valence-electron chi connectivity index (χ2n) is 5.96. The molecule has 1 aromatic heterocycles. The number of rotatable bonds is 6. The maximum Gasteiger partial charge on any atom is 0.291 e. The molecule has 0 spiro atoms. The Morgan fingerprint density at radius 1 is 1.00 bits per heavy atom.